The molecule has 1 heterocycles. The van der Waals surface area contributed by atoms with Crippen molar-refractivity contribution in [3.63, 3.8) is 0 Å². The van der Waals surface area contributed by atoms with Crippen molar-refractivity contribution in [3.8, 4) is 0 Å². The Morgan fingerprint density at radius 1 is 1.47 bits per heavy atom. The van der Waals surface area contributed by atoms with Crippen LogP contribution in [-0.2, 0) is 11.3 Å². The zero-order chi connectivity index (χ0) is 13.0. The molecule has 0 saturated heterocycles. The summed E-state index contributed by atoms with van der Waals surface area (Å²) in [6.07, 6.45) is 0. The van der Waals surface area contributed by atoms with E-state index in [9.17, 15) is 9.59 Å². The number of carboxylic acid groups (broad SMARTS) is 1. The first kappa shape index (κ1) is 13.2. The predicted octanol–water partition coefficient (Wildman–Crippen LogP) is 0.577. The molecule has 1 aromatic heterocycles. The predicted molar refractivity (Wildman–Crippen MR) is 60.3 cm³/mol. The van der Waals surface area contributed by atoms with Crippen LogP contribution in [-0.4, -0.2) is 23.0 Å². The number of nitrogens with one attached hydrogen (secondary N) is 1. The minimum Gasteiger partial charge on any atom is -0.481 e. The van der Waals surface area contributed by atoms with Crippen molar-refractivity contribution < 1.29 is 19.1 Å². The van der Waals surface area contributed by atoms with Gasteiger partial charge in [0.15, 0.2) is 5.76 Å². The summed E-state index contributed by atoms with van der Waals surface area (Å²) >= 11 is 0. The summed E-state index contributed by atoms with van der Waals surface area (Å²) in [6.45, 7) is 3.37. The average Bonchev–Trinajstić information content (AvgIpc) is 2.76. The molecule has 2 unspecified atom stereocenters. The number of rotatable bonds is 5. The van der Waals surface area contributed by atoms with Crippen LogP contribution < -0.4 is 11.1 Å². The van der Waals surface area contributed by atoms with Crippen LogP contribution in [0.3, 0.4) is 0 Å². The highest BCUT2D eigenvalue weighted by Crippen LogP contribution is 2.09. The molecule has 0 saturated carbocycles. The van der Waals surface area contributed by atoms with E-state index in [0.717, 1.165) is 0 Å². The highest BCUT2D eigenvalue weighted by atomic mass is 16.4. The van der Waals surface area contributed by atoms with Crippen molar-refractivity contribution in [2.45, 2.75) is 26.4 Å². The number of aliphatic carboxylic acids is 1. The van der Waals surface area contributed by atoms with Crippen molar-refractivity contribution in [3.05, 3.63) is 23.7 Å². The molecule has 0 radical (unpaired) electrons. The topological polar surface area (TPSA) is 106 Å². The molecule has 4 N–H and O–H groups in total. The number of hydrogen-bond donors (Lipinski definition) is 3. The van der Waals surface area contributed by atoms with Gasteiger partial charge in [-0.1, -0.05) is 0 Å². The smallest absolute Gasteiger partial charge is 0.308 e. The summed E-state index contributed by atoms with van der Waals surface area (Å²) in [5.41, 5.74) is 5.35. The Kier molecular flexibility index (Phi) is 4.28. The van der Waals surface area contributed by atoms with E-state index in [0.29, 0.717) is 5.76 Å². The Balaban J connectivity index is 2.63. The molecule has 0 bridgehead atoms. The molecule has 1 rings (SSSR count). The maximum absolute atomic E-state index is 11.7. The second-order valence-electron chi connectivity index (χ2n) is 3.86. The van der Waals surface area contributed by atoms with Gasteiger partial charge in [-0.05, 0) is 26.0 Å². The lowest BCUT2D eigenvalue weighted by molar-refractivity contribution is -0.141. The summed E-state index contributed by atoms with van der Waals surface area (Å²) in [7, 11) is 0. The third-order valence-corrected chi connectivity index (χ3v) is 2.58. The van der Waals surface area contributed by atoms with Gasteiger partial charge in [-0.3, -0.25) is 9.59 Å². The maximum atomic E-state index is 11.7. The zero-order valence-electron chi connectivity index (χ0n) is 9.77. The van der Waals surface area contributed by atoms with Gasteiger partial charge < -0.3 is 20.6 Å². The van der Waals surface area contributed by atoms with Crippen molar-refractivity contribution in [2.24, 2.45) is 11.7 Å². The number of furan rings is 1. The maximum Gasteiger partial charge on any atom is 0.308 e. The summed E-state index contributed by atoms with van der Waals surface area (Å²) in [5.74, 6) is -1.42. The summed E-state index contributed by atoms with van der Waals surface area (Å²) < 4.78 is 5.15. The van der Waals surface area contributed by atoms with Gasteiger partial charge in [0, 0.05) is 6.04 Å². The van der Waals surface area contributed by atoms with E-state index in [-0.39, 0.29) is 12.3 Å². The summed E-state index contributed by atoms with van der Waals surface area (Å²) in [4.78, 5) is 22.4. The van der Waals surface area contributed by atoms with Gasteiger partial charge in [0.05, 0.1) is 12.5 Å². The largest absolute Gasteiger partial charge is 0.481 e. The van der Waals surface area contributed by atoms with Crippen molar-refractivity contribution in [1.82, 2.24) is 5.32 Å². The second-order valence-corrected chi connectivity index (χ2v) is 3.86. The molecular formula is C11H16N2O4. The van der Waals surface area contributed by atoms with Gasteiger partial charge in [0.25, 0.3) is 5.91 Å². The first-order valence-corrected chi connectivity index (χ1v) is 5.28. The molecule has 2 atom stereocenters. The van der Waals surface area contributed by atoms with Gasteiger partial charge in [0.1, 0.15) is 5.76 Å². The first-order chi connectivity index (χ1) is 7.95. The zero-order valence-corrected chi connectivity index (χ0v) is 9.77. The molecule has 94 valence electrons. The van der Waals surface area contributed by atoms with Crippen molar-refractivity contribution >= 4 is 11.9 Å². The van der Waals surface area contributed by atoms with E-state index in [1.807, 2.05) is 0 Å². The fourth-order valence-electron chi connectivity index (χ4n) is 1.23. The average molecular weight is 240 g/mol. The number of carboxylic acids is 1. The lowest BCUT2D eigenvalue weighted by Crippen LogP contribution is -2.39. The SMILES string of the molecule is CC(NC(=O)c1ccc(CN)o1)C(C)C(=O)O. The molecular weight excluding hydrogens is 224 g/mol. The van der Waals surface area contributed by atoms with Crippen LogP contribution in [0.5, 0.6) is 0 Å². The monoisotopic (exact) mass is 240 g/mol. The minimum atomic E-state index is -0.958. The molecule has 0 fully saturated rings. The molecule has 0 aliphatic rings. The molecule has 0 aromatic carbocycles. The molecule has 0 aliphatic carbocycles. The van der Waals surface area contributed by atoms with Crippen LogP contribution in [0, 0.1) is 5.92 Å². The minimum absolute atomic E-state index is 0.134. The van der Waals surface area contributed by atoms with Gasteiger partial charge in [-0.25, -0.2) is 0 Å². The lowest BCUT2D eigenvalue weighted by Gasteiger charge is -2.16. The van der Waals surface area contributed by atoms with Gasteiger partial charge in [0.2, 0.25) is 0 Å². The Morgan fingerprint density at radius 3 is 2.59 bits per heavy atom. The Bertz CT molecular complexity index is 413. The van der Waals surface area contributed by atoms with Crippen LogP contribution in [0.1, 0.15) is 30.2 Å². The quantitative estimate of drug-likeness (QED) is 0.698. The Hall–Kier alpha value is -1.82. The second kappa shape index (κ2) is 5.49. The van der Waals surface area contributed by atoms with E-state index in [2.05, 4.69) is 5.32 Å². The first-order valence-electron chi connectivity index (χ1n) is 5.28. The van der Waals surface area contributed by atoms with E-state index in [1.165, 1.54) is 13.0 Å². The standard InChI is InChI=1S/C11H16N2O4/c1-6(11(15)16)7(2)13-10(14)9-4-3-8(5-12)17-9/h3-4,6-7H,5,12H2,1-2H3,(H,13,14)(H,15,16). The van der Waals surface area contributed by atoms with Gasteiger partial charge in [-0.15, -0.1) is 0 Å². The van der Waals surface area contributed by atoms with Gasteiger partial charge in [-0.2, -0.15) is 0 Å². The Labute approximate surface area is 98.8 Å². The van der Waals surface area contributed by atoms with Crippen LogP contribution in [0.2, 0.25) is 0 Å². The molecule has 0 spiro atoms. The summed E-state index contributed by atoms with van der Waals surface area (Å²) in [5, 5.41) is 11.3. The van der Waals surface area contributed by atoms with E-state index >= 15 is 0 Å². The normalized spacial score (nSPS) is 14.1. The number of nitrogens with two attached hydrogens (primary N) is 1. The molecule has 0 aliphatic heterocycles. The number of carbonyl (C=O) groups excluding carboxylic acids is 1. The molecule has 6 heteroatoms. The lowest BCUT2D eigenvalue weighted by atomic mass is 10.0. The third-order valence-electron chi connectivity index (χ3n) is 2.58. The molecule has 1 aromatic rings. The molecule has 6 nitrogen and oxygen atoms in total. The van der Waals surface area contributed by atoms with Crippen LogP contribution in [0.25, 0.3) is 0 Å². The van der Waals surface area contributed by atoms with Crippen LogP contribution in [0.4, 0.5) is 0 Å². The fraction of sp³-hybridized carbons (Fsp3) is 0.455. The Morgan fingerprint density at radius 2 is 2.12 bits per heavy atom. The number of amides is 1. The van der Waals surface area contributed by atoms with Gasteiger partial charge >= 0.3 is 5.97 Å². The van der Waals surface area contributed by atoms with E-state index in [1.54, 1.807) is 13.0 Å². The number of hydrogen-bond acceptors (Lipinski definition) is 4. The van der Waals surface area contributed by atoms with Crippen LogP contribution in [0.15, 0.2) is 16.5 Å². The van der Waals surface area contributed by atoms with E-state index < -0.39 is 23.8 Å². The summed E-state index contributed by atoms with van der Waals surface area (Å²) in [6, 6.07) is 2.64. The van der Waals surface area contributed by atoms with Crippen molar-refractivity contribution in [2.75, 3.05) is 0 Å². The van der Waals surface area contributed by atoms with Crippen LogP contribution >= 0.6 is 0 Å². The fourth-order valence-corrected chi connectivity index (χ4v) is 1.23. The third kappa shape index (κ3) is 3.32. The highest BCUT2D eigenvalue weighted by molar-refractivity contribution is 5.92. The molecule has 17 heavy (non-hydrogen) atoms. The number of carbonyl (C=O) groups is 2. The van der Waals surface area contributed by atoms with Crippen molar-refractivity contribution in [1.29, 1.82) is 0 Å². The van der Waals surface area contributed by atoms with E-state index in [4.69, 9.17) is 15.3 Å². The highest BCUT2D eigenvalue weighted by Gasteiger charge is 2.22. The molecule has 1 amide bonds.